The van der Waals surface area contributed by atoms with Gasteiger partial charge in [0.05, 0.1) is 0 Å². The number of carboxylic acids is 1. The van der Waals surface area contributed by atoms with Gasteiger partial charge in [0.15, 0.2) is 0 Å². The van der Waals surface area contributed by atoms with Gasteiger partial charge in [-0.05, 0) is 12.8 Å². The molecule has 0 aromatic rings. The van der Waals surface area contributed by atoms with Crippen LogP contribution in [0.25, 0.3) is 0 Å². The fourth-order valence-corrected chi connectivity index (χ4v) is 2.21. The van der Waals surface area contributed by atoms with E-state index in [1.807, 2.05) is 0 Å². The Bertz CT molecular complexity index is 357. The van der Waals surface area contributed by atoms with Gasteiger partial charge in [0.1, 0.15) is 6.04 Å². The lowest BCUT2D eigenvalue weighted by Gasteiger charge is -2.06. The molecule has 0 saturated carbocycles. The first-order chi connectivity index (χ1) is 11.0. The Hall–Kier alpha value is -1.43. The normalized spacial score (nSPS) is 11.9. The molecule has 0 aromatic heterocycles. The summed E-state index contributed by atoms with van der Waals surface area (Å²) in [6, 6.07) is -1.10. The average Bonchev–Trinajstić information content (AvgIpc) is 2.50. The zero-order valence-corrected chi connectivity index (χ0v) is 14.2. The smallest absolute Gasteiger partial charge is 0.320 e. The highest BCUT2D eigenvalue weighted by molar-refractivity contribution is 5.85. The summed E-state index contributed by atoms with van der Waals surface area (Å²) in [5, 5.41) is 8.58. The Morgan fingerprint density at radius 2 is 1.35 bits per heavy atom. The van der Waals surface area contributed by atoms with Crippen molar-refractivity contribution in [2.24, 2.45) is 5.73 Å². The van der Waals surface area contributed by atoms with Crippen LogP contribution in [-0.4, -0.2) is 29.1 Å². The fraction of sp³-hybridized carbons (Fsp3) is 0.824. The Morgan fingerprint density at radius 1 is 0.870 bits per heavy atom. The molecule has 0 unspecified atom stereocenters. The van der Waals surface area contributed by atoms with Gasteiger partial charge in [0, 0.05) is 12.8 Å². The van der Waals surface area contributed by atoms with Crippen LogP contribution in [-0.2, 0) is 19.1 Å². The Kier molecular flexibility index (Phi) is 13.3. The van der Waals surface area contributed by atoms with E-state index in [9.17, 15) is 14.4 Å². The predicted molar refractivity (Wildman–Crippen MR) is 87.8 cm³/mol. The molecule has 0 rings (SSSR count). The third-order valence-electron chi connectivity index (χ3n) is 3.69. The molecule has 6 nitrogen and oxygen atoms in total. The number of carboxylic acid groups (broad SMARTS) is 1. The Morgan fingerprint density at radius 3 is 1.87 bits per heavy atom. The van der Waals surface area contributed by atoms with E-state index in [1.165, 1.54) is 38.5 Å². The maximum absolute atomic E-state index is 11.4. The van der Waals surface area contributed by atoms with E-state index >= 15 is 0 Å². The largest absolute Gasteiger partial charge is 0.480 e. The van der Waals surface area contributed by atoms with Crippen LogP contribution in [0.3, 0.4) is 0 Å². The van der Waals surface area contributed by atoms with Gasteiger partial charge in [0.2, 0.25) is 0 Å². The zero-order chi connectivity index (χ0) is 17.5. The van der Waals surface area contributed by atoms with Gasteiger partial charge in [-0.25, -0.2) is 0 Å². The number of unbranched alkanes of at least 4 members (excludes halogenated alkanes) is 8. The summed E-state index contributed by atoms with van der Waals surface area (Å²) in [6.45, 7) is 2.20. The molecule has 0 aliphatic rings. The van der Waals surface area contributed by atoms with Gasteiger partial charge in [0.25, 0.3) is 0 Å². The summed E-state index contributed by atoms with van der Waals surface area (Å²) in [5.74, 6) is -2.41. The Labute approximate surface area is 138 Å². The number of carbonyl (C=O) groups excluding carboxylic acids is 2. The number of rotatable bonds is 14. The SMILES string of the molecule is CCCCCCCCCCCC(=O)OC(=O)CC[C@H](N)C(=O)O. The summed E-state index contributed by atoms with van der Waals surface area (Å²) in [6.07, 6.45) is 10.4. The predicted octanol–water partition coefficient (Wildman–Crippen LogP) is 3.17. The quantitative estimate of drug-likeness (QED) is 0.288. The molecule has 0 saturated heterocycles. The number of nitrogens with two attached hydrogens (primary N) is 1. The van der Waals surface area contributed by atoms with E-state index in [-0.39, 0.29) is 19.3 Å². The topological polar surface area (TPSA) is 107 Å². The van der Waals surface area contributed by atoms with Gasteiger partial charge in [-0.1, -0.05) is 58.3 Å². The van der Waals surface area contributed by atoms with Crippen LogP contribution in [0.5, 0.6) is 0 Å². The highest BCUT2D eigenvalue weighted by Gasteiger charge is 2.16. The van der Waals surface area contributed by atoms with Crippen molar-refractivity contribution >= 4 is 17.9 Å². The first-order valence-electron chi connectivity index (χ1n) is 8.69. The minimum absolute atomic E-state index is 0.0283. The van der Waals surface area contributed by atoms with Crippen molar-refractivity contribution in [2.45, 2.75) is 90.0 Å². The Balaban J connectivity index is 3.49. The number of ether oxygens (including phenoxy) is 1. The second-order valence-electron chi connectivity index (χ2n) is 5.91. The molecular weight excluding hydrogens is 298 g/mol. The molecule has 3 N–H and O–H groups in total. The highest BCUT2D eigenvalue weighted by atomic mass is 16.6. The van der Waals surface area contributed by atoms with E-state index in [2.05, 4.69) is 11.7 Å². The van der Waals surface area contributed by atoms with Crippen molar-refractivity contribution in [3.63, 3.8) is 0 Å². The lowest BCUT2D eigenvalue weighted by molar-refractivity contribution is -0.159. The monoisotopic (exact) mass is 329 g/mol. The molecule has 0 bridgehead atoms. The molecule has 0 spiro atoms. The highest BCUT2D eigenvalue weighted by Crippen LogP contribution is 2.11. The maximum atomic E-state index is 11.4. The first-order valence-corrected chi connectivity index (χ1v) is 8.69. The third kappa shape index (κ3) is 13.9. The van der Waals surface area contributed by atoms with Crippen LogP contribution in [0.4, 0.5) is 0 Å². The number of hydrogen-bond acceptors (Lipinski definition) is 5. The van der Waals surface area contributed by atoms with Crippen LogP contribution < -0.4 is 5.73 Å². The third-order valence-corrected chi connectivity index (χ3v) is 3.69. The van der Waals surface area contributed by atoms with Crippen LogP contribution in [0.1, 0.15) is 84.0 Å². The minimum atomic E-state index is -1.17. The molecule has 23 heavy (non-hydrogen) atoms. The molecule has 0 amide bonds. The molecule has 0 fully saturated rings. The van der Waals surface area contributed by atoms with E-state index in [0.717, 1.165) is 19.3 Å². The summed E-state index contributed by atoms with van der Waals surface area (Å²) in [7, 11) is 0. The number of aliphatic carboxylic acids is 1. The minimum Gasteiger partial charge on any atom is -0.480 e. The molecule has 0 aliphatic carbocycles. The van der Waals surface area contributed by atoms with Crippen molar-refractivity contribution < 1.29 is 24.2 Å². The van der Waals surface area contributed by atoms with Gasteiger partial charge >= 0.3 is 17.9 Å². The van der Waals surface area contributed by atoms with Gasteiger partial charge < -0.3 is 15.6 Å². The molecule has 0 heterocycles. The molecule has 1 atom stereocenters. The fourth-order valence-electron chi connectivity index (χ4n) is 2.21. The van der Waals surface area contributed by atoms with Crippen LogP contribution in [0, 0.1) is 0 Å². The van der Waals surface area contributed by atoms with Crippen molar-refractivity contribution in [1.82, 2.24) is 0 Å². The number of esters is 2. The van der Waals surface area contributed by atoms with Crippen molar-refractivity contribution in [3.05, 3.63) is 0 Å². The van der Waals surface area contributed by atoms with Crippen LogP contribution in [0.15, 0.2) is 0 Å². The summed E-state index contributed by atoms with van der Waals surface area (Å²) < 4.78 is 4.63. The lowest BCUT2D eigenvalue weighted by atomic mass is 10.1. The molecule has 6 heteroatoms. The first kappa shape index (κ1) is 21.6. The van der Waals surface area contributed by atoms with Crippen molar-refractivity contribution in [1.29, 1.82) is 0 Å². The van der Waals surface area contributed by atoms with Crippen LogP contribution in [0.2, 0.25) is 0 Å². The van der Waals surface area contributed by atoms with Gasteiger partial charge in [-0.2, -0.15) is 0 Å². The van der Waals surface area contributed by atoms with E-state index < -0.39 is 23.9 Å². The van der Waals surface area contributed by atoms with E-state index in [1.54, 1.807) is 0 Å². The summed E-state index contributed by atoms with van der Waals surface area (Å²) in [4.78, 5) is 33.3. The van der Waals surface area contributed by atoms with Crippen molar-refractivity contribution in [2.75, 3.05) is 0 Å². The molecule has 0 radical (unpaired) electrons. The number of carbonyl (C=O) groups is 3. The second-order valence-corrected chi connectivity index (χ2v) is 5.91. The molecule has 134 valence electrons. The van der Waals surface area contributed by atoms with Gasteiger partial charge in [-0.3, -0.25) is 14.4 Å². The lowest BCUT2D eigenvalue weighted by Crippen LogP contribution is -2.30. The van der Waals surface area contributed by atoms with Gasteiger partial charge in [-0.15, -0.1) is 0 Å². The van der Waals surface area contributed by atoms with E-state index in [0.29, 0.717) is 0 Å². The average molecular weight is 329 g/mol. The molecular formula is C17H31NO5. The summed E-state index contributed by atoms with van der Waals surface area (Å²) in [5.41, 5.74) is 5.27. The second kappa shape index (κ2) is 14.2. The maximum Gasteiger partial charge on any atom is 0.320 e. The summed E-state index contributed by atoms with van der Waals surface area (Å²) >= 11 is 0. The molecule has 0 aliphatic heterocycles. The number of hydrogen-bond donors (Lipinski definition) is 2. The standard InChI is InChI=1S/C17H31NO5/c1-2-3-4-5-6-7-8-9-10-11-15(19)23-16(20)13-12-14(18)17(21)22/h14H,2-13,18H2,1H3,(H,21,22)/t14-/m0/s1. The van der Waals surface area contributed by atoms with Crippen molar-refractivity contribution in [3.8, 4) is 0 Å². The molecule has 0 aromatic carbocycles. The zero-order valence-electron chi connectivity index (χ0n) is 14.2. The van der Waals surface area contributed by atoms with Crippen LogP contribution >= 0.6 is 0 Å². The van der Waals surface area contributed by atoms with E-state index in [4.69, 9.17) is 10.8 Å².